The third-order valence-corrected chi connectivity index (χ3v) is 3.89. The molecule has 0 atom stereocenters. The quantitative estimate of drug-likeness (QED) is 0.758. The van der Waals surface area contributed by atoms with Crippen LogP contribution in [-0.2, 0) is 12.8 Å². The van der Waals surface area contributed by atoms with E-state index in [1.54, 1.807) is 0 Å². The third-order valence-electron chi connectivity index (χ3n) is 3.89. The van der Waals surface area contributed by atoms with Gasteiger partial charge >= 0.3 is 0 Å². The third kappa shape index (κ3) is 3.11. The van der Waals surface area contributed by atoms with E-state index in [9.17, 15) is 4.79 Å². The Balaban J connectivity index is 1.67. The number of nitrogens with zero attached hydrogens (tertiary/aromatic N) is 2. The van der Waals surface area contributed by atoms with E-state index in [-0.39, 0.29) is 5.91 Å². The van der Waals surface area contributed by atoms with Crippen molar-refractivity contribution in [2.45, 2.75) is 33.6 Å². The Hall–Kier alpha value is -2.63. The lowest BCUT2D eigenvalue weighted by atomic mass is 10.1. The topological polar surface area (TPSA) is 83.8 Å². The van der Waals surface area contributed by atoms with Crippen molar-refractivity contribution < 1.29 is 9.32 Å². The molecule has 0 radical (unpaired) electrons. The van der Waals surface area contributed by atoms with Crippen LogP contribution in [0.25, 0.3) is 10.9 Å². The largest absolute Gasteiger partial charge is 0.350 e. The van der Waals surface area contributed by atoms with Crippen molar-refractivity contribution in [3.63, 3.8) is 0 Å². The van der Waals surface area contributed by atoms with Crippen LogP contribution >= 0.6 is 0 Å². The number of benzene rings is 1. The molecule has 0 fully saturated rings. The molecule has 1 amide bonds. The number of nitrogens with one attached hydrogen (secondary N) is 2. The minimum Gasteiger partial charge on any atom is -0.350 e. The van der Waals surface area contributed by atoms with Crippen molar-refractivity contribution in [2.24, 2.45) is 0 Å². The standard InChI is InChI=1S/C17H20N4O2/c1-4-14-20-15(23-21-14)7-8-18-17(22)16-11(3)12-9-10(2)5-6-13(12)19-16/h5-6,9,19H,4,7-8H2,1-3H3,(H,18,22). The van der Waals surface area contributed by atoms with Crippen molar-refractivity contribution in [2.75, 3.05) is 6.54 Å². The number of aromatic amines is 1. The van der Waals surface area contributed by atoms with E-state index in [0.717, 1.165) is 22.9 Å². The molecule has 0 saturated carbocycles. The van der Waals surface area contributed by atoms with Crippen LogP contribution in [0.3, 0.4) is 0 Å². The second-order valence-electron chi connectivity index (χ2n) is 5.64. The number of aromatic nitrogens is 3. The zero-order valence-electron chi connectivity index (χ0n) is 13.6. The van der Waals surface area contributed by atoms with E-state index in [4.69, 9.17) is 4.52 Å². The molecule has 0 aliphatic rings. The summed E-state index contributed by atoms with van der Waals surface area (Å²) in [7, 11) is 0. The summed E-state index contributed by atoms with van der Waals surface area (Å²) in [5.74, 6) is 1.12. The van der Waals surface area contributed by atoms with Gasteiger partial charge in [0.25, 0.3) is 5.91 Å². The molecular weight excluding hydrogens is 292 g/mol. The summed E-state index contributed by atoms with van der Waals surface area (Å²) in [6.07, 6.45) is 1.26. The molecule has 0 unspecified atom stereocenters. The van der Waals surface area contributed by atoms with E-state index in [1.165, 1.54) is 5.56 Å². The average molecular weight is 312 g/mol. The van der Waals surface area contributed by atoms with E-state index in [2.05, 4.69) is 26.5 Å². The van der Waals surface area contributed by atoms with Crippen LogP contribution in [-0.4, -0.2) is 27.6 Å². The van der Waals surface area contributed by atoms with Gasteiger partial charge in [0.05, 0.1) is 0 Å². The van der Waals surface area contributed by atoms with E-state index < -0.39 is 0 Å². The SMILES string of the molecule is CCc1noc(CCNC(=O)c2[nH]c3ccc(C)cc3c2C)n1. The number of fused-ring (bicyclic) bond motifs is 1. The van der Waals surface area contributed by atoms with Gasteiger partial charge in [-0.3, -0.25) is 4.79 Å². The number of hydrogen-bond acceptors (Lipinski definition) is 4. The molecule has 3 aromatic rings. The predicted molar refractivity (Wildman–Crippen MR) is 87.5 cm³/mol. The van der Waals surface area contributed by atoms with Crippen molar-refractivity contribution in [3.8, 4) is 0 Å². The average Bonchev–Trinajstić information content (AvgIpc) is 3.12. The molecule has 6 nitrogen and oxygen atoms in total. The second kappa shape index (κ2) is 6.24. The van der Waals surface area contributed by atoms with Crippen LogP contribution < -0.4 is 5.32 Å². The van der Waals surface area contributed by atoms with Crippen molar-refractivity contribution in [1.29, 1.82) is 0 Å². The van der Waals surface area contributed by atoms with Gasteiger partial charge in [0.15, 0.2) is 5.82 Å². The number of rotatable bonds is 5. The van der Waals surface area contributed by atoms with Gasteiger partial charge in [-0.05, 0) is 31.5 Å². The minimum absolute atomic E-state index is 0.119. The molecule has 6 heteroatoms. The van der Waals surface area contributed by atoms with Crippen molar-refractivity contribution in [1.82, 2.24) is 20.4 Å². The maximum Gasteiger partial charge on any atom is 0.268 e. The van der Waals surface area contributed by atoms with Crippen LogP contribution in [0, 0.1) is 13.8 Å². The Bertz CT molecular complexity index is 848. The van der Waals surface area contributed by atoms with Gasteiger partial charge in [-0.1, -0.05) is 23.7 Å². The fraction of sp³-hybridized carbons (Fsp3) is 0.353. The van der Waals surface area contributed by atoms with E-state index >= 15 is 0 Å². The normalized spacial score (nSPS) is 11.1. The number of amides is 1. The predicted octanol–water partition coefficient (Wildman–Crippen LogP) is 2.70. The Morgan fingerprint density at radius 2 is 2.17 bits per heavy atom. The summed E-state index contributed by atoms with van der Waals surface area (Å²) < 4.78 is 5.11. The van der Waals surface area contributed by atoms with Crippen LogP contribution in [0.2, 0.25) is 0 Å². The molecule has 0 aliphatic heterocycles. The molecule has 0 bridgehead atoms. The molecule has 2 heterocycles. The Labute approximate surface area is 134 Å². The molecule has 2 aromatic heterocycles. The maximum absolute atomic E-state index is 12.4. The van der Waals surface area contributed by atoms with Gasteiger partial charge in [0.2, 0.25) is 5.89 Å². The number of aryl methyl sites for hydroxylation is 3. The van der Waals surface area contributed by atoms with E-state index in [0.29, 0.717) is 30.4 Å². The lowest BCUT2D eigenvalue weighted by molar-refractivity contribution is 0.0948. The Morgan fingerprint density at radius 3 is 2.91 bits per heavy atom. The van der Waals surface area contributed by atoms with Crippen LogP contribution in [0.15, 0.2) is 22.7 Å². The molecule has 23 heavy (non-hydrogen) atoms. The number of hydrogen-bond donors (Lipinski definition) is 2. The first-order chi connectivity index (χ1) is 11.1. The molecule has 0 saturated heterocycles. The van der Waals surface area contributed by atoms with Crippen LogP contribution in [0.1, 0.15) is 40.3 Å². The smallest absolute Gasteiger partial charge is 0.268 e. The number of carbonyl (C=O) groups is 1. The van der Waals surface area contributed by atoms with Gasteiger partial charge in [0, 0.05) is 30.3 Å². The van der Waals surface area contributed by atoms with Crippen molar-refractivity contribution in [3.05, 3.63) is 46.7 Å². The van der Waals surface area contributed by atoms with Gasteiger partial charge in [-0.15, -0.1) is 0 Å². The molecule has 0 aliphatic carbocycles. The first-order valence-corrected chi connectivity index (χ1v) is 7.77. The van der Waals surface area contributed by atoms with Crippen LogP contribution in [0.5, 0.6) is 0 Å². The highest BCUT2D eigenvalue weighted by atomic mass is 16.5. The first-order valence-electron chi connectivity index (χ1n) is 7.77. The second-order valence-corrected chi connectivity index (χ2v) is 5.64. The fourth-order valence-corrected chi connectivity index (χ4v) is 2.57. The van der Waals surface area contributed by atoms with Gasteiger partial charge < -0.3 is 14.8 Å². The molecule has 1 aromatic carbocycles. The molecule has 120 valence electrons. The molecule has 0 spiro atoms. The highest BCUT2D eigenvalue weighted by molar-refractivity contribution is 6.01. The lowest BCUT2D eigenvalue weighted by Crippen LogP contribution is -2.26. The highest BCUT2D eigenvalue weighted by Gasteiger charge is 2.15. The minimum atomic E-state index is -0.119. The fourth-order valence-electron chi connectivity index (χ4n) is 2.57. The van der Waals surface area contributed by atoms with Gasteiger partial charge in [-0.2, -0.15) is 4.98 Å². The van der Waals surface area contributed by atoms with Crippen LogP contribution in [0.4, 0.5) is 0 Å². The Kier molecular flexibility index (Phi) is 4.14. The van der Waals surface area contributed by atoms with Crippen molar-refractivity contribution >= 4 is 16.8 Å². The molecule has 3 rings (SSSR count). The summed E-state index contributed by atoms with van der Waals surface area (Å²) in [6.45, 7) is 6.42. The van der Waals surface area contributed by atoms with Gasteiger partial charge in [0.1, 0.15) is 5.69 Å². The van der Waals surface area contributed by atoms with Gasteiger partial charge in [-0.25, -0.2) is 0 Å². The zero-order valence-corrected chi connectivity index (χ0v) is 13.6. The summed E-state index contributed by atoms with van der Waals surface area (Å²) in [5, 5.41) is 7.81. The summed E-state index contributed by atoms with van der Waals surface area (Å²) in [5.41, 5.74) is 3.72. The number of H-pyrrole nitrogens is 1. The highest BCUT2D eigenvalue weighted by Crippen LogP contribution is 2.22. The Morgan fingerprint density at radius 1 is 1.35 bits per heavy atom. The lowest BCUT2D eigenvalue weighted by Gasteiger charge is -2.02. The first kappa shape index (κ1) is 15.3. The summed E-state index contributed by atoms with van der Waals surface area (Å²) in [6, 6.07) is 6.11. The zero-order chi connectivity index (χ0) is 16.4. The summed E-state index contributed by atoms with van der Waals surface area (Å²) in [4.78, 5) is 19.8. The molecule has 2 N–H and O–H groups in total. The number of carbonyl (C=O) groups excluding carboxylic acids is 1. The monoisotopic (exact) mass is 312 g/mol. The summed E-state index contributed by atoms with van der Waals surface area (Å²) >= 11 is 0. The van der Waals surface area contributed by atoms with E-state index in [1.807, 2.05) is 32.9 Å². The molecular formula is C17H20N4O2. The maximum atomic E-state index is 12.4.